The maximum Gasteiger partial charge on any atom is 0.349 e. The summed E-state index contributed by atoms with van der Waals surface area (Å²) in [6.07, 6.45) is 1.05. The third-order valence-corrected chi connectivity index (χ3v) is 6.14. The quantitative estimate of drug-likeness (QED) is 0.290. The highest BCUT2D eigenvalue weighted by Crippen LogP contribution is 2.35. The zero-order chi connectivity index (χ0) is 26.1. The van der Waals surface area contributed by atoms with Crippen LogP contribution in [0.5, 0.6) is 5.75 Å². The summed E-state index contributed by atoms with van der Waals surface area (Å²) in [5, 5.41) is 3.69. The smallest absolute Gasteiger partial charge is 0.349 e. The molecule has 10 heteroatoms. The monoisotopic (exact) mass is 507 g/mol. The lowest BCUT2D eigenvalue weighted by Crippen LogP contribution is -2.38. The molecule has 4 aromatic rings. The Kier molecular flexibility index (Phi) is 6.58. The number of methoxy groups -OCH3 is 1. The van der Waals surface area contributed by atoms with Gasteiger partial charge < -0.3 is 24.1 Å². The van der Waals surface area contributed by atoms with Crippen molar-refractivity contribution in [3.63, 3.8) is 0 Å². The van der Waals surface area contributed by atoms with Crippen LogP contribution in [0.2, 0.25) is 0 Å². The molecular weight excluding hydrogens is 484 g/mol. The van der Waals surface area contributed by atoms with Crippen molar-refractivity contribution in [2.45, 2.75) is 6.92 Å². The first-order valence-electron chi connectivity index (χ1n) is 11.6. The molecule has 1 N–H and O–H groups in total. The first kappa shape index (κ1) is 24.4. The second kappa shape index (κ2) is 9.98. The minimum atomic E-state index is -0.718. The van der Waals surface area contributed by atoms with Crippen molar-refractivity contribution in [3.8, 4) is 16.9 Å². The van der Waals surface area contributed by atoms with Crippen LogP contribution < -0.4 is 20.6 Å². The summed E-state index contributed by atoms with van der Waals surface area (Å²) in [5.74, 6) is -1.00. The van der Waals surface area contributed by atoms with Gasteiger partial charge in [0.15, 0.2) is 5.78 Å². The van der Waals surface area contributed by atoms with Gasteiger partial charge in [0.2, 0.25) is 0 Å². The van der Waals surface area contributed by atoms with Crippen LogP contribution in [0.25, 0.3) is 22.1 Å². The second-order valence-corrected chi connectivity index (χ2v) is 8.50. The number of Topliss-reactive ketones (excluding diaryl/α,β-unsaturated/α-hetero) is 1. The fourth-order valence-electron chi connectivity index (χ4n) is 4.44. The summed E-state index contributed by atoms with van der Waals surface area (Å²) >= 11 is 0. The van der Waals surface area contributed by atoms with Gasteiger partial charge in [-0.05, 0) is 37.3 Å². The Hall–Kier alpha value is -4.31. The van der Waals surface area contributed by atoms with E-state index in [4.69, 9.17) is 13.9 Å². The Morgan fingerprint density at radius 2 is 1.86 bits per heavy atom. The van der Waals surface area contributed by atoms with Gasteiger partial charge in [-0.2, -0.15) is 0 Å². The molecule has 0 atom stereocenters. The average molecular weight is 507 g/mol. The Morgan fingerprint density at radius 3 is 2.59 bits per heavy atom. The van der Waals surface area contributed by atoms with Gasteiger partial charge >= 0.3 is 5.63 Å². The third-order valence-electron chi connectivity index (χ3n) is 6.14. The van der Waals surface area contributed by atoms with E-state index in [1.54, 1.807) is 18.2 Å². The summed E-state index contributed by atoms with van der Waals surface area (Å²) in [7, 11) is 1.38. The fraction of sp³-hybridized carbons (Fsp3) is 0.222. The number of aromatic nitrogens is 1. The zero-order valence-electron chi connectivity index (χ0n) is 20.1. The van der Waals surface area contributed by atoms with E-state index >= 15 is 0 Å². The summed E-state index contributed by atoms with van der Waals surface area (Å²) in [6, 6.07) is 10.4. The van der Waals surface area contributed by atoms with Gasteiger partial charge in [0.1, 0.15) is 34.3 Å². The van der Waals surface area contributed by atoms with Crippen LogP contribution in [0.1, 0.15) is 17.3 Å². The number of pyridine rings is 1. The Morgan fingerprint density at radius 1 is 1.08 bits per heavy atom. The number of carbonyl (C=O) groups is 1. The molecule has 1 aliphatic rings. The number of rotatable bonds is 6. The summed E-state index contributed by atoms with van der Waals surface area (Å²) in [6.45, 7) is 3.38. The lowest BCUT2D eigenvalue weighted by Gasteiger charge is -2.30. The van der Waals surface area contributed by atoms with Gasteiger partial charge in [-0.25, -0.2) is 18.6 Å². The fourth-order valence-corrected chi connectivity index (χ4v) is 4.44. The highest BCUT2D eigenvalue weighted by atomic mass is 19.1. The predicted octanol–water partition coefficient (Wildman–Crippen LogP) is 4.92. The van der Waals surface area contributed by atoms with E-state index in [9.17, 15) is 18.4 Å². The van der Waals surface area contributed by atoms with Gasteiger partial charge in [0.25, 0.3) is 0 Å². The number of nitrogens with one attached hydrogen (secondary N) is 1. The van der Waals surface area contributed by atoms with E-state index in [0.29, 0.717) is 54.4 Å². The van der Waals surface area contributed by atoms with Crippen LogP contribution in [-0.4, -0.2) is 44.2 Å². The molecule has 0 bridgehead atoms. The molecule has 2 aromatic heterocycles. The number of anilines is 3. The molecule has 1 fully saturated rings. The largest absolute Gasteiger partial charge is 0.496 e. The average Bonchev–Trinajstić information content (AvgIpc) is 2.89. The number of benzene rings is 2. The molecule has 0 spiro atoms. The molecule has 1 saturated heterocycles. The molecule has 37 heavy (non-hydrogen) atoms. The van der Waals surface area contributed by atoms with E-state index in [-0.39, 0.29) is 28.2 Å². The number of nitrogens with zero attached hydrogens (tertiary/aromatic N) is 2. The van der Waals surface area contributed by atoms with E-state index < -0.39 is 17.3 Å². The lowest BCUT2D eigenvalue weighted by molar-refractivity contribution is 0.101. The SMILES string of the molecule is COc1cc(F)ccc1-c1cc(Nc2ccc3c(N4CCOCC4)c(C(C)=O)c(=O)oc3c2)ncc1F. The van der Waals surface area contributed by atoms with Crippen LogP contribution in [0, 0.1) is 11.6 Å². The molecular formula is C27H23F2N3O5. The summed E-state index contributed by atoms with van der Waals surface area (Å²) < 4.78 is 44.4. The zero-order valence-corrected chi connectivity index (χ0v) is 20.1. The van der Waals surface area contributed by atoms with Gasteiger partial charge in [0, 0.05) is 47.4 Å². The Balaban J connectivity index is 1.54. The molecule has 3 heterocycles. The minimum absolute atomic E-state index is 0.00759. The highest BCUT2D eigenvalue weighted by Gasteiger charge is 2.24. The molecule has 0 unspecified atom stereocenters. The van der Waals surface area contributed by atoms with Gasteiger partial charge in [-0.1, -0.05) is 0 Å². The molecule has 8 nitrogen and oxygen atoms in total. The van der Waals surface area contributed by atoms with Crippen LogP contribution in [0.15, 0.2) is 57.9 Å². The van der Waals surface area contributed by atoms with Crippen molar-refractivity contribution in [1.29, 1.82) is 0 Å². The van der Waals surface area contributed by atoms with Crippen molar-refractivity contribution in [1.82, 2.24) is 4.98 Å². The number of ether oxygens (including phenoxy) is 2. The van der Waals surface area contributed by atoms with Crippen molar-refractivity contribution < 1.29 is 27.5 Å². The molecule has 0 amide bonds. The maximum absolute atomic E-state index is 14.7. The molecule has 5 rings (SSSR count). The molecule has 0 radical (unpaired) electrons. The van der Waals surface area contributed by atoms with Crippen molar-refractivity contribution in [3.05, 3.63) is 76.3 Å². The summed E-state index contributed by atoms with van der Waals surface area (Å²) in [4.78, 5) is 31.1. The normalized spacial score (nSPS) is 13.6. The van der Waals surface area contributed by atoms with Gasteiger partial charge in [0.05, 0.1) is 32.2 Å². The van der Waals surface area contributed by atoms with Crippen LogP contribution in [-0.2, 0) is 4.74 Å². The maximum atomic E-state index is 14.7. The van der Waals surface area contributed by atoms with E-state index in [2.05, 4.69) is 10.3 Å². The highest BCUT2D eigenvalue weighted by molar-refractivity contribution is 6.07. The predicted molar refractivity (Wildman–Crippen MR) is 135 cm³/mol. The van der Waals surface area contributed by atoms with E-state index in [0.717, 1.165) is 6.20 Å². The van der Waals surface area contributed by atoms with Gasteiger partial charge in [-0.3, -0.25) is 4.79 Å². The first-order valence-corrected chi connectivity index (χ1v) is 11.6. The Bertz CT molecular complexity index is 1560. The molecule has 0 aliphatic carbocycles. The number of hydrogen-bond acceptors (Lipinski definition) is 8. The molecule has 2 aromatic carbocycles. The lowest BCUT2D eigenvalue weighted by atomic mass is 10.0. The number of morpholine rings is 1. The standard InChI is InChI=1S/C27H23F2N3O5/c1-15(33)25-26(32-7-9-36-10-8-32)19-6-4-17(12-23(19)37-27(25)34)31-24-13-20(21(29)14-30-24)18-5-3-16(28)11-22(18)35-2/h3-6,11-14H,7-10H2,1-2H3,(H,30,31). The van der Waals surface area contributed by atoms with E-state index in [1.807, 2.05) is 4.90 Å². The molecule has 1 aliphatic heterocycles. The van der Waals surface area contributed by atoms with Crippen LogP contribution in [0.3, 0.4) is 0 Å². The third kappa shape index (κ3) is 4.75. The molecule has 190 valence electrons. The van der Waals surface area contributed by atoms with Crippen LogP contribution in [0.4, 0.5) is 26.0 Å². The summed E-state index contributed by atoms with van der Waals surface area (Å²) in [5.41, 5.74) is 1.15. The second-order valence-electron chi connectivity index (χ2n) is 8.50. The van der Waals surface area contributed by atoms with E-state index in [1.165, 1.54) is 38.3 Å². The van der Waals surface area contributed by atoms with Gasteiger partial charge in [-0.15, -0.1) is 0 Å². The number of carbonyl (C=O) groups excluding carboxylic acids is 1. The molecule has 0 saturated carbocycles. The number of hydrogen-bond donors (Lipinski definition) is 1. The topological polar surface area (TPSA) is 93.9 Å². The van der Waals surface area contributed by atoms with Crippen molar-refractivity contribution in [2.24, 2.45) is 0 Å². The Labute approximate surface area is 210 Å². The van der Waals surface area contributed by atoms with Crippen LogP contribution >= 0.6 is 0 Å². The van der Waals surface area contributed by atoms with Crippen molar-refractivity contribution >= 4 is 33.9 Å². The minimum Gasteiger partial charge on any atom is -0.496 e. The van der Waals surface area contributed by atoms with Crippen molar-refractivity contribution in [2.75, 3.05) is 43.6 Å². The number of fused-ring (bicyclic) bond motifs is 1. The number of ketones is 1. The number of halogens is 2. The first-order chi connectivity index (χ1) is 17.9.